The van der Waals surface area contributed by atoms with E-state index in [0.717, 1.165) is 12.0 Å². The minimum Gasteiger partial charge on any atom is -0.444 e. The van der Waals surface area contributed by atoms with Gasteiger partial charge in [0, 0.05) is 0 Å². The summed E-state index contributed by atoms with van der Waals surface area (Å²) in [6.07, 6.45) is 1.96. The number of hydrogen-bond acceptors (Lipinski definition) is 5. The van der Waals surface area contributed by atoms with Crippen molar-refractivity contribution >= 4 is 19.0 Å². The number of nitrogens with two attached hydrogens (primary N) is 1. The molecule has 7 nitrogen and oxygen atoms in total. The maximum absolute atomic E-state index is 12.1. The number of carbonyl (C=O) groups is 1. The van der Waals surface area contributed by atoms with Crippen molar-refractivity contribution in [3.8, 4) is 0 Å². The Bertz CT molecular complexity index is 640. The highest BCUT2D eigenvalue weighted by Crippen LogP contribution is 2.33. The van der Waals surface area contributed by atoms with Crippen LogP contribution in [0.3, 0.4) is 0 Å². The molecular formula is C18H28BN3O4. The van der Waals surface area contributed by atoms with Crippen molar-refractivity contribution in [2.45, 2.75) is 63.5 Å². The highest BCUT2D eigenvalue weighted by molar-refractivity contribution is 6.43. The van der Waals surface area contributed by atoms with Crippen LogP contribution >= 0.6 is 0 Å². The van der Waals surface area contributed by atoms with Crippen LogP contribution in [0, 0.1) is 0 Å². The van der Waals surface area contributed by atoms with E-state index < -0.39 is 30.3 Å². The first-order valence-electron chi connectivity index (χ1n) is 8.86. The molecule has 1 fully saturated rings. The SMILES string of the molecule is CC(C)(C)OC(=O)NC1(C(N)=NC(Cc2ccccc2)B(O)O)CCC1. The molecule has 0 spiro atoms. The molecule has 0 saturated heterocycles. The molecule has 0 heterocycles. The molecule has 1 amide bonds. The van der Waals surface area contributed by atoms with Crippen LogP contribution in [-0.2, 0) is 11.2 Å². The van der Waals surface area contributed by atoms with E-state index in [9.17, 15) is 14.8 Å². The molecule has 1 aromatic carbocycles. The molecule has 0 aromatic heterocycles. The molecule has 2 rings (SSSR count). The van der Waals surface area contributed by atoms with E-state index in [1.54, 1.807) is 20.8 Å². The number of aliphatic imine (C=N–C) groups is 1. The second-order valence-corrected chi connectivity index (χ2v) is 7.75. The number of nitrogens with zero attached hydrogens (tertiary/aromatic N) is 1. The molecular weight excluding hydrogens is 333 g/mol. The molecule has 26 heavy (non-hydrogen) atoms. The van der Waals surface area contributed by atoms with Crippen LogP contribution in [0.1, 0.15) is 45.6 Å². The van der Waals surface area contributed by atoms with Crippen LogP contribution in [0.2, 0.25) is 0 Å². The van der Waals surface area contributed by atoms with Crippen LogP contribution in [0.15, 0.2) is 35.3 Å². The van der Waals surface area contributed by atoms with Crippen LogP contribution in [0.25, 0.3) is 0 Å². The number of amidine groups is 1. The van der Waals surface area contributed by atoms with Gasteiger partial charge in [0.05, 0.1) is 5.94 Å². The monoisotopic (exact) mass is 361 g/mol. The third kappa shape index (κ3) is 5.47. The van der Waals surface area contributed by atoms with Gasteiger partial charge in [-0.3, -0.25) is 4.99 Å². The summed E-state index contributed by atoms with van der Waals surface area (Å²) in [5.41, 5.74) is 5.70. The van der Waals surface area contributed by atoms with Gasteiger partial charge in [-0.05, 0) is 52.0 Å². The normalized spacial score (nSPS) is 17.8. The summed E-state index contributed by atoms with van der Waals surface area (Å²) < 4.78 is 5.31. The first-order chi connectivity index (χ1) is 12.1. The Morgan fingerprint density at radius 2 is 1.96 bits per heavy atom. The zero-order valence-electron chi connectivity index (χ0n) is 15.6. The van der Waals surface area contributed by atoms with Gasteiger partial charge in [0.15, 0.2) is 0 Å². The Kier molecular flexibility index (Phi) is 6.31. The number of nitrogens with one attached hydrogen (secondary N) is 1. The highest BCUT2D eigenvalue weighted by Gasteiger charge is 2.44. The van der Waals surface area contributed by atoms with E-state index in [1.807, 2.05) is 30.3 Å². The maximum atomic E-state index is 12.1. The standard InChI is InChI=1S/C18H28BN3O4/c1-17(2,3)26-16(23)22-18(10-7-11-18)15(20)21-14(19(24)25)12-13-8-5-4-6-9-13/h4-6,8-9,14,24-25H,7,10-12H2,1-3H3,(H2,20,21)(H,22,23). The van der Waals surface area contributed by atoms with E-state index in [1.165, 1.54) is 0 Å². The molecule has 142 valence electrons. The molecule has 1 aromatic rings. The fourth-order valence-electron chi connectivity index (χ4n) is 2.85. The second-order valence-electron chi connectivity index (χ2n) is 7.75. The minimum atomic E-state index is -1.65. The zero-order chi connectivity index (χ0) is 19.4. The van der Waals surface area contributed by atoms with Gasteiger partial charge >= 0.3 is 13.2 Å². The van der Waals surface area contributed by atoms with Crippen molar-refractivity contribution in [2.24, 2.45) is 10.7 Å². The molecule has 0 radical (unpaired) electrons. The Balaban J connectivity index is 2.13. The van der Waals surface area contributed by atoms with Crippen molar-refractivity contribution in [1.29, 1.82) is 0 Å². The van der Waals surface area contributed by atoms with E-state index in [-0.39, 0.29) is 5.84 Å². The lowest BCUT2D eigenvalue weighted by Crippen LogP contribution is -2.62. The van der Waals surface area contributed by atoms with Gasteiger partial charge < -0.3 is 25.8 Å². The number of hydrogen-bond donors (Lipinski definition) is 4. The van der Waals surface area contributed by atoms with Crippen molar-refractivity contribution in [3.63, 3.8) is 0 Å². The molecule has 1 aliphatic rings. The minimum absolute atomic E-state index is 0.198. The van der Waals surface area contributed by atoms with Crippen LogP contribution in [0.5, 0.6) is 0 Å². The van der Waals surface area contributed by atoms with Gasteiger partial charge in [-0.15, -0.1) is 0 Å². The van der Waals surface area contributed by atoms with E-state index in [0.29, 0.717) is 19.3 Å². The van der Waals surface area contributed by atoms with Gasteiger partial charge in [-0.2, -0.15) is 0 Å². The van der Waals surface area contributed by atoms with Crippen LogP contribution < -0.4 is 11.1 Å². The smallest absolute Gasteiger partial charge is 0.444 e. The summed E-state index contributed by atoms with van der Waals surface area (Å²) in [6.45, 7) is 5.36. The molecule has 0 aliphatic heterocycles. The first kappa shape index (κ1) is 20.3. The fourth-order valence-corrected chi connectivity index (χ4v) is 2.85. The number of amides is 1. The Hall–Kier alpha value is -2.06. The summed E-state index contributed by atoms with van der Waals surface area (Å²) in [4.78, 5) is 16.5. The van der Waals surface area contributed by atoms with Gasteiger partial charge in [-0.1, -0.05) is 30.3 Å². The van der Waals surface area contributed by atoms with Gasteiger partial charge in [0.2, 0.25) is 0 Å². The summed E-state index contributed by atoms with van der Waals surface area (Å²) in [5.74, 6) is -0.612. The lowest BCUT2D eigenvalue weighted by atomic mass is 9.73. The second kappa shape index (κ2) is 8.10. The summed E-state index contributed by atoms with van der Waals surface area (Å²) >= 11 is 0. The fraction of sp³-hybridized carbons (Fsp3) is 0.556. The van der Waals surface area contributed by atoms with Crippen LogP contribution in [-0.4, -0.2) is 46.2 Å². The van der Waals surface area contributed by atoms with Crippen molar-refractivity contribution in [2.75, 3.05) is 0 Å². The van der Waals surface area contributed by atoms with Gasteiger partial charge in [0.25, 0.3) is 0 Å². The molecule has 5 N–H and O–H groups in total. The molecule has 1 atom stereocenters. The summed E-state index contributed by atoms with van der Waals surface area (Å²) in [5, 5.41) is 22.2. The van der Waals surface area contributed by atoms with Crippen molar-refractivity contribution in [1.82, 2.24) is 5.32 Å². The number of ether oxygens (including phenoxy) is 1. The third-order valence-corrected chi connectivity index (χ3v) is 4.37. The molecule has 1 aliphatic carbocycles. The average molecular weight is 361 g/mol. The predicted octanol–water partition coefficient (Wildman–Crippen LogP) is 1.41. The molecule has 0 bridgehead atoms. The van der Waals surface area contributed by atoms with Crippen molar-refractivity contribution < 1.29 is 19.6 Å². The number of carbonyl (C=O) groups excluding carboxylic acids is 1. The number of rotatable bonds is 6. The molecule has 1 saturated carbocycles. The van der Waals surface area contributed by atoms with Gasteiger partial charge in [0.1, 0.15) is 17.0 Å². The number of alkyl carbamates (subject to hydrolysis) is 1. The van der Waals surface area contributed by atoms with Gasteiger partial charge in [-0.25, -0.2) is 4.79 Å². The maximum Gasteiger partial charge on any atom is 0.478 e. The van der Waals surface area contributed by atoms with E-state index >= 15 is 0 Å². The topological polar surface area (TPSA) is 117 Å². The van der Waals surface area contributed by atoms with E-state index in [4.69, 9.17) is 10.5 Å². The highest BCUT2D eigenvalue weighted by atomic mass is 16.6. The lowest BCUT2D eigenvalue weighted by molar-refractivity contribution is 0.0445. The van der Waals surface area contributed by atoms with Crippen molar-refractivity contribution in [3.05, 3.63) is 35.9 Å². The quantitative estimate of drug-likeness (QED) is 0.347. The third-order valence-electron chi connectivity index (χ3n) is 4.37. The van der Waals surface area contributed by atoms with Crippen LogP contribution in [0.4, 0.5) is 4.79 Å². The van der Waals surface area contributed by atoms with E-state index in [2.05, 4.69) is 10.3 Å². The summed E-state index contributed by atoms with van der Waals surface area (Å²) in [7, 11) is -1.65. The average Bonchev–Trinajstić information content (AvgIpc) is 2.49. The predicted molar refractivity (Wildman–Crippen MR) is 102 cm³/mol. The Morgan fingerprint density at radius 1 is 1.35 bits per heavy atom. The summed E-state index contributed by atoms with van der Waals surface area (Å²) in [6, 6.07) is 9.42. The first-order valence-corrected chi connectivity index (χ1v) is 8.86. The molecule has 8 heteroatoms. The zero-order valence-corrected chi connectivity index (χ0v) is 15.6. The molecule has 1 unspecified atom stereocenters. The number of benzene rings is 1. The Morgan fingerprint density at radius 3 is 2.42 bits per heavy atom. The lowest BCUT2D eigenvalue weighted by Gasteiger charge is -2.42. The Labute approximate surface area is 154 Å². The largest absolute Gasteiger partial charge is 0.478 e.